The van der Waals surface area contributed by atoms with Gasteiger partial charge in [0.05, 0.1) is 6.10 Å². The normalized spacial score (nSPS) is 22.9. The lowest BCUT2D eigenvalue weighted by Crippen LogP contribution is -2.38. The molecule has 0 spiro atoms. The molecule has 1 saturated carbocycles. The summed E-state index contributed by atoms with van der Waals surface area (Å²) in [5, 5.41) is 11.9. The van der Waals surface area contributed by atoms with Crippen molar-refractivity contribution in [2.24, 2.45) is 5.92 Å². The number of amides is 1. The number of hydrogen-bond donors (Lipinski definition) is 4. The summed E-state index contributed by atoms with van der Waals surface area (Å²) in [6.45, 7) is 0.588. The Balaban J connectivity index is 1.90. The van der Waals surface area contributed by atoms with Crippen molar-refractivity contribution in [2.75, 3.05) is 18.0 Å². The lowest BCUT2D eigenvalue weighted by Gasteiger charge is -2.31. The van der Waals surface area contributed by atoms with Crippen LogP contribution >= 0.6 is 0 Å². The van der Waals surface area contributed by atoms with Gasteiger partial charge in [-0.1, -0.05) is 0 Å². The summed E-state index contributed by atoms with van der Waals surface area (Å²) in [6.07, 6.45) is 1.33. The number of aliphatic hydroxyl groups excluding tert-OH is 1. The number of nitrogens with two attached hydrogens (primary N) is 2. The molecule has 1 aliphatic carbocycles. The van der Waals surface area contributed by atoms with Crippen LogP contribution in [-0.4, -0.2) is 23.7 Å². The molecule has 0 aromatic heterocycles. The molecule has 1 aliphatic rings. The fraction of sp³-hybridized carbons (Fsp3) is 0.417. The van der Waals surface area contributed by atoms with E-state index in [4.69, 9.17) is 16.6 Å². The topological polar surface area (TPSA) is 101 Å². The minimum Gasteiger partial charge on any atom is -0.399 e. The van der Waals surface area contributed by atoms with Crippen LogP contribution in [0.25, 0.3) is 0 Å². The number of benzene rings is 1. The first-order valence-electron chi connectivity index (χ1n) is 5.67. The number of hydrogen-bond acceptors (Lipinski definition) is 4. The van der Waals surface area contributed by atoms with Gasteiger partial charge in [-0.25, -0.2) is 0 Å². The average Bonchev–Trinajstić information content (AvgIpc) is 2.21. The van der Waals surface area contributed by atoms with Crippen molar-refractivity contribution >= 4 is 17.3 Å². The van der Waals surface area contributed by atoms with Gasteiger partial charge in [0.15, 0.2) is 0 Å². The Morgan fingerprint density at radius 1 is 1.29 bits per heavy atom. The summed E-state index contributed by atoms with van der Waals surface area (Å²) < 4.78 is 0. The molecule has 0 saturated heterocycles. The fourth-order valence-corrected chi connectivity index (χ4v) is 2.01. The molecule has 0 unspecified atom stereocenters. The van der Waals surface area contributed by atoms with Gasteiger partial charge in [0.1, 0.15) is 0 Å². The van der Waals surface area contributed by atoms with Crippen LogP contribution in [0.2, 0.25) is 0 Å². The molecule has 0 radical (unpaired) electrons. The molecule has 5 nitrogen and oxygen atoms in total. The molecule has 6 N–H and O–H groups in total. The van der Waals surface area contributed by atoms with E-state index in [1.807, 2.05) is 0 Å². The van der Waals surface area contributed by atoms with Crippen molar-refractivity contribution in [2.45, 2.75) is 18.9 Å². The van der Waals surface area contributed by atoms with E-state index in [2.05, 4.69) is 5.32 Å². The average molecular weight is 235 g/mol. The Morgan fingerprint density at radius 2 is 1.88 bits per heavy atom. The SMILES string of the molecule is Nc1cc(N)cc(C(=O)NCC2CC(O)C2)c1. The highest BCUT2D eigenvalue weighted by Gasteiger charge is 2.27. The molecule has 92 valence electrons. The van der Waals surface area contributed by atoms with Crippen LogP contribution in [0.4, 0.5) is 11.4 Å². The molecule has 1 fully saturated rings. The van der Waals surface area contributed by atoms with Crippen molar-refractivity contribution < 1.29 is 9.90 Å². The van der Waals surface area contributed by atoms with E-state index >= 15 is 0 Å². The standard InChI is InChI=1S/C12H17N3O2/c13-9-3-8(4-10(14)5-9)12(17)15-6-7-1-11(16)2-7/h3-5,7,11,16H,1-2,6,13-14H2,(H,15,17). The lowest BCUT2D eigenvalue weighted by atomic mass is 9.82. The van der Waals surface area contributed by atoms with E-state index in [0.717, 1.165) is 12.8 Å². The number of carbonyl (C=O) groups is 1. The molecular weight excluding hydrogens is 218 g/mol. The van der Waals surface area contributed by atoms with Crippen molar-refractivity contribution in [3.05, 3.63) is 23.8 Å². The van der Waals surface area contributed by atoms with Gasteiger partial charge < -0.3 is 21.9 Å². The molecule has 0 bridgehead atoms. The third kappa shape index (κ3) is 2.88. The van der Waals surface area contributed by atoms with Crippen LogP contribution in [0.1, 0.15) is 23.2 Å². The molecule has 0 aliphatic heterocycles. The number of nitrogens with one attached hydrogen (secondary N) is 1. The molecule has 1 aromatic rings. The predicted octanol–water partition coefficient (Wildman–Crippen LogP) is 0.352. The summed E-state index contributed by atoms with van der Waals surface area (Å²) in [7, 11) is 0. The highest BCUT2D eigenvalue weighted by atomic mass is 16.3. The van der Waals surface area contributed by atoms with Gasteiger partial charge in [-0.2, -0.15) is 0 Å². The van der Waals surface area contributed by atoms with Crippen LogP contribution < -0.4 is 16.8 Å². The maximum absolute atomic E-state index is 11.8. The summed E-state index contributed by atoms with van der Waals surface area (Å²) >= 11 is 0. The zero-order valence-corrected chi connectivity index (χ0v) is 9.52. The van der Waals surface area contributed by atoms with Crippen LogP contribution in [0.5, 0.6) is 0 Å². The Labute approximate surface area is 99.8 Å². The minimum atomic E-state index is -0.195. The molecule has 17 heavy (non-hydrogen) atoms. The zero-order chi connectivity index (χ0) is 12.4. The van der Waals surface area contributed by atoms with Crippen LogP contribution in [0, 0.1) is 5.92 Å². The van der Waals surface area contributed by atoms with Gasteiger partial charge in [-0.3, -0.25) is 4.79 Å². The van der Waals surface area contributed by atoms with Gasteiger partial charge in [-0.05, 0) is 37.0 Å². The van der Waals surface area contributed by atoms with Gasteiger partial charge in [0.25, 0.3) is 5.91 Å². The van der Waals surface area contributed by atoms with Gasteiger partial charge in [-0.15, -0.1) is 0 Å². The second kappa shape index (κ2) is 4.63. The summed E-state index contributed by atoms with van der Waals surface area (Å²) in [5.74, 6) is 0.206. The number of aliphatic hydroxyl groups is 1. The summed E-state index contributed by atoms with van der Waals surface area (Å²) in [5.41, 5.74) is 12.7. The molecule has 5 heteroatoms. The Bertz CT molecular complexity index is 408. The van der Waals surface area contributed by atoms with Gasteiger partial charge in [0, 0.05) is 23.5 Å². The third-order valence-electron chi connectivity index (χ3n) is 3.00. The minimum absolute atomic E-state index is 0.176. The summed E-state index contributed by atoms with van der Waals surface area (Å²) in [4.78, 5) is 11.8. The van der Waals surface area contributed by atoms with E-state index in [1.54, 1.807) is 18.2 Å². The molecular formula is C12H17N3O2. The Morgan fingerprint density at radius 3 is 2.41 bits per heavy atom. The van der Waals surface area contributed by atoms with Crippen molar-refractivity contribution in [1.82, 2.24) is 5.32 Å². The molecule has 0 atom stereocenters. The quantitative estimate of drug-likeness (QED) is 0.568. The van der Waals surface area contributed by atoms with E-state index in [1.165, 1.54) is 0 Å². The third-order valence-corrected chi connectivity index (χ3v) is 3.00. The maximum atomic E-state index is 11.8. The molecule has 0 heterocycles. The molecule has 1 aromatic carbocycles. The largest absolute Gasteiger partial charge is 0.399 e. The second-order valence-corrected chi connectivity index (χ2v) is 4.59. The van der Waals surface area contributed by atoms with Crippen LogP contribution in [0.15, 0.2) is 18.2 Å². The molecule has 2 rings (SSSR count). The fourth-order valence-electron chi connectivity index (χ4n) is 2.01. The smallest absolute Gasteiger partial charge is 0.251 e. The highest BCUT2D eigenvalue weighted by Crippen LogP contribution is 2.26. The van der Waals surface area contributed by atoms with E-state index in [9.17, 15) is 4.79 Å². The van der Waals surface area contributed by atoms with Crippen LogP contribution in [-0.2, 0) is 0 Å². The first kappa shape index (κ1) is 11.7. The molecule has 1 amide bonds. The maximum Gasteiger partial charge on any atom is 0.251 e. The lowest BCUT2D eigenvalue weighted by molar-refractivity contribution is 0.0420. The highest BCUT2D eigenvalue weighted by molar-refractivity contribution is 5.96. The Kier molecular flexibility index (Phi) is 3.19. The van der Waals surface area contributed by atoms with Crippen molar-refractivity contribution in [1.29, 1.82) is 0 Å². The van der Waals surface area contributed by atoms with Gasteiger partial charge in [0.2, 0.25) is 0 Å². The predicted molar refractivity (Wildman–Crippen MR) is 66.3 cm³/mol. The summed E-state index contributed by atoms with van der Waals surface area (Å²) in [6, 6.07) is 4.81. The zero-order valence-electron chi connectivity index (χ0n) is 9.52. The second-order valence-electron chi connectivity index (χ2n) is 4.59. The first-order valence-corrected chi connectivity index (χ1v) is 5.67. The van der Waals surface area contributed by atoms with E-state index in [0.29, 0.717) is 29.4 Å². The number of rotatable bonds is 3. The first-order chi connectivity index (χ1) is 8.04. The number of carbonyl (C=O) groups excluding carboxylic acids is 1. The Hall–Kier alpha value is -1.75. The van der Waals surface area contributed by atoms with Crippen molar-refractivity contribution in [3.8, 4) is 0 Å². The van der Waals surface area contributed by atoms with E-state index in [-0.39, 0.29) is 12.0 Å². The number of anilines is 2. The van der Waals surface area contributed by atoms with Crippen molar-refractivity contribution in [3.63, 3.8) is 0 Å². The number of nitrogen functional groups attached to an aromatic ring is 2. The van der Waals surface area contributed by atoms with Gasteiger partial charge >= 0.3 is 0 Å². The van der Waals surface area contributed by atoms with E-state index < -0.39 is 0 Å². The van der Waals surface area contributed by atoms with Crippen LogP contribution in [0.3, 0.4) is 0 Å². The monoisotopic (exact) mass is 235 g/mol.